The molecule has 4 aromatic rings. The van der Waals surface area contributed by atoms with Gasteiger partial charge in [0, 0.05) is 5.39 Å². The van der Waals surface area contributed by atoms with Gasteiger partial charge >= 0.3 is 0 Å². The van der Waals surface area contributed by atoms with E-state index in [9.17, 15) is 0 Å². The second kappa shape index (κ2) is 9.54. The summed E-state index contributed by atoms with van der Waals surface area (Å²) in [6, 6.07) is 27.1. The van der Waals surface area contributed by atoms with Crippen molar-refractivity contribution in [1.82, 2.24) is 10.4 Å². The summed E-state index contributed by atoms with van der Waals surface area (Å²) < 4.78 is 10.6. The van der Waals surface area contributed by atoms with Gasteiger partial charge in [-0.15, -0.1) is 0 Å². The van der Waals surface area contributed by atoms with Gasteiger partial charge < -0.3 is 9.47 Å². The second-order valence-corrected chi connectivity index (χ2v) is 6.66. The van der Waals surface area contributed by atoms with Gasteiger partial charge in [0.05, 0.1) is 26.0 Å². The van der Waals surface area contributed by atoms with E-state index in [0.717, 1.165) is 22.2 Å². The topological polar surface area (TPSA) is 68.1 Å². The lowest BCUT2D eigenvalue weighted by Gasteiger charge is -2.09. The molecule has 0 radical (unpaired) electrons. The van der Waals surface area contributed by atoms with E-state index in [2.05, 4.69) is 10.5 Å². The highest BCUT2D eigenvalue weighted by Gasteiger charge is 2.09. The van der Waals surface area contributed by atoms with E-state index in [1.807, 2.05) is 84.9 Å². The minimum Gasteiger partial charge on any atom is -0.497 e. The molecule has 1 heterocycles. The van der Waals surface area contributed by atoms with Crippen molar-refractivity contribution in [1.29, 1.82) is 0 Å². The molecule has 1 aromatic heterocycles. The van der Waals surface area contributed by atoms with Crippen LogP contribution in [-0.4, -0.2) is 31.3 Å². The lowest BCUT2D eigenvalue weighted by molar-refractivity contribution is 0.415. The van der Waals surface area contributed by atoms with Crippen LogP contribution in [0.15, 0.2) is 95.0 Å². The van der Waals surface area contributed by atoms with Gasteiger partial charge in [-0.3, -0.25) is 5.43 Å². The Hall–Kier alpha value is -4.19. The number of nitrogens with one attached hydrogen (secondary N) is 1. The Kier molecular flexibility index (Phi) is 6.18. The Bertz CT molecular complexity index is 1230. The van der Waals surface area contributed by atoms with Crippen LogP contribution in [0.1, 0.15) is 11.3 Å². The molecule has 3 aromatic carbocycles. The number of pyridine rings is 1. The van der Waals surface area contributed by atoms with Crippen LogP contribution in [0.25, 0.3) is 10.9 Å². The molecule has 6 nitrogen and oxygen atoms in total. The molecule has 0 amide bonds. The number of aromatic nitrogens is 1. The zero-order chi connectivity index (χ0) is 21.5. The minimum absolute atomic E-state index is 0.514. The summed E-state index contributed by atoms with van der Waals surface area (Å²) in [6.07, 6.45) is 1.72. The minimum atomic E-state index is 0.514. The first-order chi connectivity index (χ1) is 15.3. The van der Waals surface area contributed by atoms with Crippen LogP contribution in [0.4, 0.5) is 5.69 Å². The highest BCUT2D eigenvalue weighted by Crippen LogP contribution is 2.27. The molecule has 0 saturated heterocycles. The predicted molar refractivity (Wildman–Crippen MR) is 125 cm³/mol. The lowest BCUT2D eigenvalue weighted by Crippen LogP contribution is -2.20. The van der Waals surface area contributed by atoms with Crippen molar-refractivity contribution in [2.45, 2.75) is 0 Å². The highest BCUT2D eigenvalue weighted by molar-refractivity contribution is 6.01. The molecule has 0 atom stereocenters. The Morgan fingerprint density at radius 2 is 1.61 bits per heavy atom. The molecule has 0 bridgehead atoms. The fourth-order valence-corrected chi connectivity index (χ4v) is 3.04. The number of hydrogen-bond acceptors (Lipinski definition) is 5. The molecular weight excluding hydrogens is 388 g/mol. The summed E-state index contributed by atoms with van der Waals surface area (Å²) in [5.41, 5.74) is 6.22. The van der Waals surface area contributed by atoms with Crippen LogP contribution in [0, 0.1) is 0 Å². The third kappa shape index (κ3) is 4.87. The fourth-order valence-electron chi connectivity index (χ4n) is 3.04. The number of aliphatic imine (C=N–C) groups is 1. The van der Waals surface area contributed by atoms with Gasteiger partial charge in [0.1, 0.15) is 22.9 Å². The number of hydrazone groups is 1. The molecule has 0 spiro atoms. The molecule has 0 unspecified atom stereocenters. The van der Waals surface area contributed by atoms with Crippen molar-refractivity contribution in [3.63, 3.8) is 0 Å². The van der Waals surface area contributed by atoms with E-state index in [-0.39, 0.29) is 0 Å². The van der Waals surface area contributed by atoms with Crippen molar-refractivity contribution in [3.8, 4) is 11.5 Å². The van der Waals surface area contributed by atoms with E-state index in [4.69, 9.17) is 19.5 Å². The van der Waals surface area contributed by atoms with Gasteiger partial charge in [-0.2, -0.15) is 5.10 Å². The molecule has 0 saturated carbocycles. The van der Waals surface area contributed by atoms with Gasteiger partial charge in [-0.05, 0) is 54.1 Å². The first kappa shape index (κ1) is 20.1. The van der Waals surface area contributed by atoms with Gasteiger partial charge in [0.25, 0.3) is 0 Å². The zero-order valence-corrected chi connectivity index (χ0v) is 17.3. The third-order valence-corrected chi connectivity index (χ3v) is 4.66. The molecule has 1 N–H and O–H groups in total. The van der Waals surface area contributed by atoms with E-state index in [1.54, 1.807) is 20.4 Å². The number of benzene rings is 3. The molecule has 0 aliphatic rings. The monoisotopic (exact) mass is 410 g/mol. The van der Waals surface area contributed by atoms with Gasteiger partial charge in [-0.1, -0.05) is 36.4 Å². The largest absolute Gasteiger partial charge is 0.497 e. The van der Waals surface area contributed by atoms with E-state index in [1.165, 1.54) is 0 Å². The Morgan fingerprint density at radius 3 is 2.42 bits per heavy atom. The normalized spacial score (nSPS) is 11.6. The van der Waals surface area contributed by atoms with Gasteiger partial charge in [0.15, 0.2) is 5.84 Å². The van der Waals surface area contributed by atoms with Crippen LogP contribution in [0.2, 0.25) is 0 Å². The second-order valence-electron chi connectivity index (χ2n) is 6.66. The molecule has 0 aliphatic heterocycles. The number of amidine groups is 1. The zero-order valence-electron chi connectivity index (χ0n) is 17.3. The Balaban J connectivity index is 1.69. The van der Waals surface area contributed by atoms with Crippen LogP contribution in [0.3, 0.4) is 0 Å². The Morgan fingerprint density at radius 1 is 0.839 bits per heavy atom. The predicted octanol–water partition coefficient (Wildman–Crippen LogP) is 4.95. The number of ether oxygens (including phenoxy) is 2. The van der Waals surface area contributed by atoms with Crippen LogP contribution in [0.5, 0.6) is 11.5 Å². The average Bonchev–Trinajstić information content (AvgIpc) is 2.84. The average molecular weight is 410 g/mol. The smallest absolute Gasteiger partial charge is 0.173 e. The first-order valence-corrected chi connectivity index (χ1v) is 9.78. The van der Waals surface area contributed by atoms with Crippen molar-refractivity contribution < 1.29 is 9.47 Å². The van der Waals surface area contributed by atoms with Crippen LogP contribution < -0.4 is 14.9 Å². The summed E-state index contributed by atoms with van der Waals surface area (Å²) in [7, 11) is 3.26. The fraction of sp³-hybridized carbons (Fsp3) is 0.0800. The molecule has 6 heteroatoms. The molecule has 154 valence electrons. The van der Waals surface area contributed by atoms with Crippen molar-refractivity contribution in [3.05, 3.63) is 96.2 Å². The molecular formula is C25H22N4O2. The SMILES string of the molecule is COc1ccc(C=NNC(=Nc2ccccc2OC)c2ccc3ccccc3n2)cc1. The van der Waals surface area contributed by atoms with Gasteiger partial charge in [-0.25, -0.2) is 9.98 Å². The summed E-state index contributed by atoms with van der Waals surface area (Å²) in [5.74, 6) is 1.98. The maximum absolute atomic E-state index is 5.44. The molecule has 0 aliphatic carbocycles. The van der Waals surface area contributed by atoms with Gasteiger partial charge in [0.2, 0.25) is 0 Å². The summed E-state index contributed by atoms with van der Waals surface area (Å²) in [6.45, 7) is 0. The van der Waals surface area contributed by atoms with Crippen LogP contribution >= 0.6 is 0 Å². The number of fused-ring (bicyclic) bond motifs is 1. The number of para-hydroxylation sites is 3. The third-order valence-electron chi connectivity index (χ3n) is 4.66. The molecule has 0 fully saturated rings. The Labute approximate surface area is 180 Å². The summed E-state index contributed by atoms with van der Waals surface area (Å²) >= 11 is 0. The maximum Gasteiger partial charge on any atom is 0.173 e. The number of hydrogen-bond donors (Lipinski definition) is 1. The van der Waals surface area contributed by atoms with Crippen LogP contribution in [-0.2, 0) is 0 Å². The molecule has 31 heavy (non-hydrogen) atoms. The lowest BCUT2D eigenvalue weighted by atomic mass is 10.2. The standard InChI is InChI=1S/C25H22N4O2/c1-30-20-14-11-18(12-15-20)17-26-29-25(28-22-9-5-6-10-24(22)31-2)23-16-13-19-7-3-4-8-21(19)27-23/h3-17H,1-2H3,(H,28,29). The van der Waals surface area contributed by atoms with E-state index >= 15 is 0 Å². The number of nitrogens with zero attached hydrogens (tertiary/aromatic N) is 3. The van der Waals surface area contributed by atoms with Crippen molar-refractivity contribution in [2.75, 3.05) is 14.2 Å². The quantitative estimate of drug-likeness (QED) is 0.277. The number of methoxy groups -OCH3 is 2. The first-order valence-electron chi connectivity index (χ1n) is 9.78. The van der Waals surface area contributed by atoms with E-state index in [0.29, 0.717) is 23.0 Å². The van der Waals surface area contributed by atoms with E-state index < -0.39 is 0 Å². The van der Waals surface area contributed by atoms with Crippen molar-refractivity contribution >= 4 is 28.6 Å². The summed E-state index contributed by atoms with van der Waals surface area (Å²) in [4.78, 5) is 9.50. The highest BCUT2D eigenvalue weighted by atomic mass is 16.5. The number of rotatable bonds is 6. The van der Waals surface area contributed by atoms with Crippen molar-refractivity contribution in [2.24, 2.45) is 10.1 Å². The maximum atomic E-state index is 5.44. The molecule has 4 rings (SSSR count). The summed E-state index contributed by atoms with van der Waals surface area (Å²) in [5, 5.41) is 5.44.